The van der Waals surface area contributed by atoms with Gasteiger partial charge in [-0.3, -0.25) is 4.79 Å². The molecule has 0 saturated heterocycles. The summed E-state index contributed by atoms with van der Waals surface area (Å²) < 4.78 is 0. The molecule has 0 radical (unpaired) electrons. The Morgan fingerprint density at radius 3 is 2.79 bits per heavy atom. The third-order valence-corrected chi connectivity index (χ3v) is 3.90. The minimum Gasteiger partial charge on any atom is -0.325 e. The minimum atomic E-state index is -0.0502. The summed E-state index contributed by atoms with van der Waals surface area (Å²) in [4.78, 5) is 12.2. The van der Waals surface area contributed by atoms with Crippen molar-refractivity contribution in [1.82, 2.24) is 5.32 Å². The fourth-order valence-corrected chi connectivity index (χ4v) is 2.73. The molecular weight excluding hydrogens is 280 g/mol. The molecule has 0 aliphatic heterocycles. The highest BCUT2D eigenvalue weighted by molar-refractivity contribution is 7.10. The number of carbonyl (C=O) groups is 1. The van der Waals surface area contributed by atoms with Gasteiger partial charge in [0.05, 0.1) is 5.69 Å². The average Bonchev–Trinajstić information content (AvgIpc) is 2.78. The van der Waals surface area contributed by atoms with Gasteiger partial charge in [-0.05, 0) is 23.1 Å². The smallest absolute Gasteiger partial charge is 0.221 e. The predicted molar refractivity (Wildman–Crippen MR) is 80.6 cm³/mol. The number of nitrogens with one attached hydrogen (secondary N) is 2. The number of rotatable bonds is 5. The first kappa shape index (κ1) is 14.1. The molecule has 2 N–H and O–H groups in total. The summed E-state index contributed by atoms with van der Waals surface area (Å²) in [5, 5.41) is 8.89. The molecule has 0 saturated carbocycles. The molecule has 100 valence electrons. The molecule has 0 bridgehead atoms. The van der Waals surface area contributed by atoms with Crippen LogP contribution in [-0.2, 0) is 17.9 Å². The fourth-order valence-electron chi connectivity index (χ4n) is 1.73. The van der Waals surface area contributed by atoms with Gasteiger partial charge in [-0.1, -0.05) is 29.8 Å². The van der Waals surface area contributed by atoms with E-state index in [2.05, 4.69) is 10.6 Å². The van der Waals surface area contributed by atoms with Crippen molar-refractivity contribution in [1.29, 1.82) is 0 Å². The molecule has 1 aromatic carbocycles. The van der Waals surface area contributed by atoms with Gasteiger partial charge in [0.2, 0.25) is 5.91 Å². The molecule has 2 rings (SSSR count). The topological polar surface area (TPSA) is 41.1 Å². The zero-order valence-electron chi connectivity index (χ0n) is 10.6. The molecule has 1 heterocycles. The highest BCUT2D eigenvalue weighted by atomic mass is 35.5. The Balaban J connectivity index is 1.91. The van der Waals surface area contributed by atoms with Crippen LogP contribution in [0.3, 0.4) is 0 Å². The molecular formula is C14H15ClN2OS. The van der Waals surface area contributed by atoms with E-state index < -0.39 is 0 Å². The maximum atomic E-state index is 11.1. The Kier molecular flexibility index (Phi) is 4.96. The van der Waals surface area contributed by atoms with Crippen molar-refractivity contribution >= 4 is 34.5 Å². The maximum Gasteiger partial charge on any atom is 0.221 e. The molecule has 0 spiro atoms. The quantitative estimate of drug-likeness (QED) is 0.884. The van der Waals surface area contributed by atoms with Gasteiger partial charge in [0.15, 0.2) is 0 Å². The van der Waals surface area contributed by atoms with Crippen molar-refractivity contribution in [2.75, 3.05) is 5.32 Å². The lowest BCUT2D eigenvalue weighted by Crippen LogP contribution is -2.14. The SMILES string of the molecule is CC(=O)Nc1ccsc1CNCc1ccccc1Cl. The van der Waals surface area contributed by atoms with E-state index in [0.29, 0.717) is 13.1 Å². The number of anilines is 1. The maximum absolute atomic E-state index is 11.1. The van der Waals surface area contributed by atoms with E-state index in [1.807, 2.05) is 35.7 Å². The van der Waals surface area contributed by atoms with Gasteiger partial charge < -0.3 is 10.6 Å². The molecule has 19 heavy (non-hydrogen) atoms. The lowest BCUT2D eigenvalue weighted by Gasteiger charge is -2.07. The molecule has 0 fully saturated rings. The third-order valence-electron chi connectivity index (χ3n) is 2.61. The zero-order chi connectivity index (χ0) is 13.7. The van der Waals surface area contributed by atoms with Gasteiger partial charge >= 0.3 is 0 Å². The van der Waals surface area contributed by atoms with Crippen molar-refractivity contribution in [3.05, 3.63) is 51.2 Å². The molecule has 1 amide bonds. The number of thiophene rings is 1. The van der Waals surface area contributed by atoms with Crippen LogP contribution in [0.4, 0.5) is 5.69 Å². The molecule has 0 aliphatic rings. The summed E-state index contributed by atoms with van der Waals surface area (Å²) >= 11 is 7.71. The van der Waals surface area contributed by atoms with Crippen molar-refractivity contribution < 1.29 is 4.79 Å². The van der Waals surface area contributed by atoms with Gasteiger partial charge in [0, 0.05) is 29.9 Å². The van der Waals surface area contributed by atoms with Crippen LogP contribution in [0.25, 0.3) is 0 Å². The van der Waals surface area contributed by atoms with E-state index in [1.54, 1.807) is 11.3 Å². The normalized spacial score (nSPS) is 10.4. The molecule has 0 aliphatic carbocycles. The Morgan fingerprint density at radius 1 is 1.26 bits per heavy atom. The summed E-state index contributed by atoms with van der Waals surface area (Å²) in [6.07, 6.45) is 0. The van der Waals surface area contributed by atoms with Crippen molar-refractivity contribution in [2.45, 2.75) is 20.0 Å². The van der Waals surface area contributed by atoms with Crippen LogP contribution in [0.5, 0.6) is 0 Å². The largest absolute Gasteiger partial charge is 0.325 e. The number of amides is 1. The monoisotopic (exact) mass is 294 g/mol. The first-order valence-electron chi connectivity index (χ1n) is 5.95. The van der Waals surface area contributed by atoms with E-state index in [9.17, 15) is 4.79 Å². The number of hydrogen-bond acceptors (Lipinski definition) is 3. The summed E-state index contributed by atoms with van der Waals surface area (Å²) in [6, 6.07) is 9.68. The first-order valence-corrected chi connectivity index (χ1v) is 7.20. The zero-order valence-corrected chi connectivity index (χ0v) is 12.1. The summed E-state index contributed by atoms with van der Waals surface area (Å²) in [6.45, 7) is 2.92. The summed E-state index contributed by atoms with van der Waals surface area (Å²) in [7, 11) is 0. The van der Waals surface area contributed by atoms with Crippen LogP contribution < -0.4 is 10.6 Å². The van der Waals surface area contributed by atoms with Crippen LogP contribution in [0, 0.1) is 0 Å². The van der Waals surface area contributed by atoms with E-state index in [0.717, 1.165) is 21.2 Å². The Morgan fingerprint density at radius 2 is 2.05 bits per heavy atom. The molecule has 0 atom stereocenters. The van der Waals surface area contributed by atoms with Crippen LogP contribution in [0.2, 0.25) is 5.02 Å². The number of benzene rings is 1. The molecule has 0 unspecified atom stereocenters. The predicted octanol–water partition coefficient (Wildman–Crippen LogP) is 3.65. The van der Waals surface area contributed by atoms with E-state index in [1.165, 1.54) is 6.92 Å². The summed E-state index contributed by atoms with van der Waals surface area (Å²) in [5.74, 6) is -0.0502. The van der Waals surface area contributed by atoms with Gasteiger partial charge in [-0.2, -0.15) is 0 Å². The van der Waals surface area contributed by atoms with Crippen molar-refractivity contribution in [3.63, 3.8) is 0 Å². The number of halogens is 1. The molecule has 1 aromatic heterocycles. The standard InChI is InChI=1S/C14H15ClN2OS/c1-10(18)17-13-6-7-19-14(13)9-16-8-11-4-2-3-5-12(11)15/h2-7,16H,8-9H2,1H3,(H,17,18). The van der Waals surface area contributed by atoms with Crippen molar-refractivity contribution in [3.8, 4) is 0 Å². The van der Waals surface area contributed by atoms with E-state index in [4.69, 9.17) is 11.6 Å². The summed E-state index contributed by atoms with van der Waals surface area (Å²) in [5.41, 5.74) is 1.95. The minimum absolute atomic E-state index is 0.0502. The second-order valence-corrected chi connectivity index (χ2v) is 5.54. The van der Waals surface area contributed by atoms with Crippen LogP contribution in [-0.4, -0.2) is 5.91 Å². The second-order valence-electron chi connectivity index (χ2n) is 4.13. The van der Waals surface area contributed by atoms with Gasteiger partial charge in [-0.25, -0.2) is 0 Å². The lowest BCUT2D eigenvalue weighted by atomic mass is 10.2. The lowest BCUT2D eigenvalue weighted by molar-refractivity contribution is -0.114. The Hall–Kier alpha value is -1.36. The van der Waals surface area contributed by atoms with Gasteiger partial charge in [0.1, 0.15) is 0 Å². The first-order chi connectivity index (χ1) is 9.16. The average molecular weight is 295 g/mol. The van der Waals surface area contributed by atoms with E-state index >= 15 is 0 Å². The molecule has 3 nitrogen and oxygen atoms in total. The highest BCUT2D eigenvalue weighted by Gasteiger charge is 2.05. The number of carbonyl (C=O) groups excluding carboxylic acids is 1. The third kappa shape index (κ3) is 4.06. The van der Waals surface area contributed by atoms with Gasteiger partial charge in [0.25, 0.3) is 0 Å². The Labute approximate surface area is 121 Å². The number of hydrogen-bond donors (Lipinski definition) is 2. The molecule has 5 heteroatoms. The van der Waals surface area contributed by atoms with Gasteiger partial charge in [-0.15, -0.1) is 11.3 Å². The van der Waals surface area contributed by atoms with Crippen LogP contribution >= 0.6 is 22.9 Å². The second kappa shape index (κ2) is 6.70. The van der Waals surface area contributed by atoms with Crippen LogP contribution in [0.15, 0.2) is 35.7 Å². The van der Waals surface area contributed by atoms with Crippen LogP contribution in [0.1, 0.15) is 17.4 Å². The Bertz CT molecular complexity index is 568. The molecule has 2 aromatic rings. The highest BCUT2D eigenvalue weighted by Crippen LogP contribution is 2.22. The van der Waals surface area contributed by atoms with E-state index in [-0.39, 0.29) is 5.91 Å². The fraction of sp³-hybridized carbons (Fsp3) is 0.214. The van der Waals surface area contributed by atoms with Crippen molar-refractivity contribution in [2.24, 2.45) is 0 Å².